The molecule has 2 aliphatic carbocycles. The Morgan fingerprint density at radius 3 is 1.00 bits per heavy atom. The Morgan fingerprint density at radius 2 is 0.629 bits per heavy atom. The van der Waals surface area contributed by atoms with Crippen molar-refractivity contribution in [3.05, 3.63) is 225 Å². The number of benzene rings is 8. The molecule has 0 radical (unpaired) electrons. The summed E-state index contributed by atoms with van der Waals surface area (Å²) in [6.07, 6.45) is 4.61. The minimum Gasteiger partial charge on any atom is -0.0687 e. The van der Waals surface area contributed by atoms with Crippen molar-refractivity contribution in [1.82, 2.24) is 0 Å². The van der Waals surface area contributed by atoms with Gasteiger partial charge < -0.3 is 0 Å². The molecule has 0 atom stereocenters. The Morgan fingerprint density at radius 1 is 0.306 bits per heavy atom. The van der Waals surface area contributed by atoms with E-state index in [-0.39, 0.29) is 24.3 Å². The summed E-state index contributed by atoms with van der Waals surface area (Å²) >= 11 is 0. The van der Waals surface area contributed by atoms with Crippen molar-refractivity contribution >= 4 is 58.4 Å². The van der Waals surface area contributed by atoms with Crippen LogP contribution in [-0.4, -0.2) is 13.4 Å². The average molecular weight is 797 g/mol. The molecule has 2 aliphatic rings. The molecule has 0 fully saturated rings. The van der Waals surface area contributed by atoms with Gasteiger partial charge >= 0.3 is 0 Å². The molecule has 10 rings (SSSR count). The third kappa shape index (κ3) is 6.91. The lowest BCUT2D eigenvalue weighted by molar-refractivity contribution is 0.660. The number of rotatable bonds is 8. The normalized spacial score (nSPS) is 14.0. The SMILES string of the molecule is Cc1cc(C)cc(B(c2cc(C)cc(C)c2)c2ccc3c(c2)C(C)(C)c2cc(/C=C/c4ccc5c(c4)C(C)(C)c4cc(B(c6ccccc6)c6ccccc6)ccc4-5)ccc2-3)c1. The van der Waals surface area contributed by atoms with Gasteiger partial charge in [-0.25, -0.2) is 0 Å². The molecule has 0 unspecified atom stereocenters. The molecule has 62 heavy (non-hydrogen) atoms. The van der Waals surface area contributed by atoms with E-state index in [1.165, 1.54) is 111 Å². The molecule has 0 amide bonds. The molecule has 0 saturated heterocycles. The van der Waals surface area contributed by atoms with Gasteiger partial charge in [-0.15, -0.1) is 0 Å². The van der Waals surface area contributed by atoms with Gasteiger partial charge in [0.2, 0.25) is 13.4 Å². The lowest BCUT2D eigenvalue weighted by Gasteiger charge is -2.24. The summed E-state index contributed by atoms with van der Waals surface area (Å²) in [5, 5.41) is 0. The summed E-state index contributed by atoms with van der Waals surface area (Å²) in [6.45, 7) is 18.8. The van der Waals surface area contributed by atoms with Gasteiger partial charge in [0.15, 0.2) is 0 Å². The Balaban J connectivity index is 0.951. The molecule has 2 heteroatoms. The van der Waals surface area contributed by atoms with Crippen LogP contribution in [0.3, 0.4) is 0 Å². The average Bonchev–Trinajstić information content (AvgIpc) is 3.61. The first-order valence-corrected chi connectivity index (χ1v) is 22.4. The zero-order chi connectivity index (χ0) is 42.9. The summed E-state index contributed by atoms with van der Waals surface area (Å²) in [5.41, 5.74) is 26.5. The van der Waals surface area contributed by atoms with E-state index in [1.807, 2.05) is 0 Å². The fourth-order valence-corrected chi connectivity index (χ4v) is 11.1. The third-order valence-electron chi connectivity index (χ3n) is 14.0. The lowest BCUT2D eigenvalue weighted by Crippen LogP contribution is -2.52. The second-order valence-corrected chi connectivity index (χ2v) is 19.3. The van der Waals surface area contributed by atoms with E-state index in [9.17, 15) is 0 Å². The van der Waals surface area contributed by atoms with Crippen molar-refractivity contribution in [2.75, 3.05) is 0 Å². The minimum absolute atomic E-state index is 0.125. The third-order valence-corrected chi connectivity index (χ3v) is 14.0. The fraction of sp³-hybridized carbons (Fsp3) is 0.167. The highest BCUT2D eigenvalue weighted by atomic mass is 14.4. The van der Waals surface area contributed by atoms with Crippen LogP contribution < -0.4 is 32.8 Å². The van der Waals surface area contributed by atoms with Gasteiger partial charge in [0.25, 0.3) is 0 Å². The Bertz CT molecular complexity index is 2930. The molecule has 0 heterocycles. The zero-order valence-corrected chi connectivity index (χ0v) is 37.5. The first-order valence-electron chi connectivity index (χ1n) is 22.4. The molecular formula is C60H54B2. The van der Waals surface area contributed by atoms with Gasteiger partial charge in [-0.05, 0) is 83.3 Å². The van der Waals surface area contributed by atoms with Crippen LogP contribution >= 0.6 is 0 Å². The molecule has 0 aliphatic heterocycles. The van der Waals surface area contributed by atoms with E-state index >= 15 is 0 Å². The van der Waals surface area contributed by atoms with Crippen LogP contribution in [0.5, 0.6) is 0 Å². The number of hydrogen-bond donors (Lipinski definition) is 0. The van der Waals surface area contributed by atoms with Crippen molar-refractivity contribution in [3.63, 3.8) is 0 Å². The highest BCUT2D eigenvalue weighted by Gasteiger charge is 2.38. The van der Waals surface area contributed by atoms with Crippen LogP contribution in [0.2, 0.25) is 0 Å². The van der Waals surface area contributed by atoms with Crippen molar-refractivity contribution in [2.45, 2.75) is 66.2 Å². The maximum Gasteiger partial charge on any atom is 0.241 e. The van der Waals surface area contributed by atoms with Crippen molar-refractivity contribution in [2.24, 2.45) is 0 Å². The first kappa shape index (κ1) is 39.7. The van der Waals surface area contributed by atoms with Gasteiger partial charge in [-0.2, -0.15) is 0 Å². The van der Waals surface area contributed by atoms with Crippen molar-refractivity contribution in [1.29, 1.82) is 0 Å². The Kier molecular flexibility index (Phi) is 9.75. The Hall–Kier alpha value is -6.37. The summed E-state index contributed by atoms with van der Waals surface area (Å²) in [7, 11) is 0. The second kappa shape index (κ2) is 15.2. The molecule has 0 bridgehead atoms. The molecule has 0 saturated carbocycles. The standard InChI is InChI=1S/C60H54B2/c1-39-29-40(2)32-49(31-39)62(50-33-41(3)30-42(4)34-50)48-24-28-54-52-26-22-44(36-56(52)60(7,8)58(54)38-48)20-19-43-21-25-51-53-27-23-47(37-57(53)59(5,6)55(51)35-43)61(45-15-11-9-12-16-45)46-17-13-10-14-18-46/h9-38H,1-8H3/b20-19+. The molecule has 0 spiro atoms. The number of fused-ring (bicyclic) bond motifs is 6. The molecule has 0 N–H and O–H groups in total. The van der Waals surface area contributed by atoms with E-state index in [4.69, 9.17) is 0 Å². The molecular weight excluding hydrogens is 742 g/mol. The summed E-state index contributed by atoms with van der Waals surface area (Å²) < 4.78 is 0. The summed E-state index contributed by atoms with van der Waals surface area (Å²) in [5.74, 6) is 0. The van der Waals surface area contributed by atoms with Gasteiger partial charge in [-0.3, -0.25) is 0 Å². The highest BCUT2D eigenvalue weighted by molar-refractivity contribution is 6.96. The highest BCUT2D eigenvalue weighted by Crippen LogP contribution is 2.50. The van der Waals surface area contributed by atoms with Crippen LogP contribution in [0.25, 0.3) is 34.4 Å². The monoisotopic (exact) mass is 796 g/mol. The predicted molar refractivity (Wildman–Crippen MR) is 271 cm³/mol. The van der Waals surface area contributed by atoms with E-state index in [0.717, 1.165) is 0 Å². The van der Waals surface area contributed by atoms with E-state index < -0.39 is 0 Å². The maximum absolute atomic E-state index is 2.52. The molecule has 300 valence electrons. The van der Waals surface area contributed by atoms with Crippen molar-refractivity contribution < 1.29 is 0 Å². The van der Waals surface area contributed by atoms with Crippen LogP contribution in [0.15, 0.2) is 170 Å². The maximum atomic E-state index is 2.52. The van der Waals surface area contributed by atoms with Gasteiger partial charge in [0.05, 0.1) is 0 Å². The van der Waals surface area contributed by atoms with E-state index in [1.54, 1.807) is 0 Å². The van der Waals surface area contributed by atoms with Crippen LogP contribution in [-0.2, 0) is 10.8 Å². The largest absolute Gasteiger partial charge is 0.241 e. The van der Waals surface area contributed by atoms with Crippen LogP contribution in [0.4, 0.5) is 0 Å². The van der Waals surface area contributed by atoms with Gasteiger partial charge in [-0.1, -0.05) is 265 Å². The summed E-state index contributed by atoms with van der Waals surface area (Å²) in [6, 6.07) is 64.6. The molecule has 8 aromatic rings. The predicted octanol–water partition coefficient (Wildman–Crippen LogP) is 10.7. The topological polar surface area (TPSA) is 0 Å². The van der Waals surface area contributed by atoms with Crippen LogP contribution in [0, 0.1) is 27.7 Å². The lowest BCUT2D eigenvalue weighted by atomic mass is 9.36. The van der Waals surface area contributed by atoms with E-state index in [2.05, 4.69) is 237 Å². The van der Waals surface area contributed by atoms with Gasteiger partial charge in [0.1, 0.15) is 0 Å². The smallest absolute Gasteiger partial charge is 0.0687 e. The molecule has 8 aromatic carbocycles. The second-order valence-electron chi connectivity index (χ2n) is 19.3. The summed E-state index contributed by atoms with van der Waals surface area (Å²) in [4.78, 5) is 0. The van der Waals surface area contributed by atoms with Crippen molar-refractivity contribution in [3.8, 4) is 22.3 Å². The molecule has 0 nitrogen and oxygen atoms in total. The quantitative estimate of drug-likeness (QED) is 0.106. The Labute approximate surface area is 370 Å². The van der Waals surface area contributed by atoms with E-state index in [0.29, 0.717) is 0 Å². The number of aryl methyl sites for hydroxylation is 4. The zero-order valence-electron chi connectivity index (χ0n) is 37.5. The fourth-order valence-electron chi connectivity index (χ4n) is 11.1. The minimum atomic E-state index is -0.137. The first-order chi connectivity index (χ1) is 29.8. The van der Waals surface area contributed by atoms with Crippen LogP contribution in [0.1, 0.15) is 83.3 Å². The van der Waals surface area contributed by atoms with Gasteiger partial charge in [0, 0.05) is 10.8 Å². The molecule has 0 aromatic heterocycles. The number of hydrogen-bond acceptors (Lipinski definition) is 0.